The van der Waals surface area contributed by atoms with Crippen LogP contribution in [-0.2, 0) is 28.7 Å². The second-order valence-corrected chi connectivity index (χ2v) is 10.2. The van der Waals surface area contributed by atoms with E-state index in [1.165, 1.54) is 12.8 Å². The minimum Gasteiger partial charge on any atom is -0.460 e. The van der Waals surface area contributed by atoms with Crippen molar-refractivity contribution in [3.8, 4) is 0 Å². The molecule has 0 bridgehead atoms. The number of aliphatic hydroxyl groups excluding tert-OH is 2. The van der Waals surface area contributed by atoms with Crippen LogP contribution in [0.3, 0.4) is 0 Å². The third-order valence-corrected chi connectivity index (χ3v) is 6.76. The smallest absolute Gasteiger partial charge is 0.331 e. The van der Waals surface area contributed by atoms with E-state index in [1.54, 1.807) is 0 Å². The van der Waals surface area contributed by atoms with Gasteiger partial charge in [-0.1, -0.05) is 78.1 Å². The van der Waals surface area contributed by atoms with Crippen LogP contribution >= 0.6 is 0 Å². The summed E-state index contributed by atoms with van der Waals surface area (Å²) >= 11 is 0. The molecule has 10 heteroatoms. The van der Waals surface area contributed by atoms with Crippen LogP contribution in [0.2, 0.25) is 0 Å². The van der Waals surface area contributed by atoms with E-state index in [1.807, 2.05) is 0 Å². The van der Waals surface area contributed by atoms with Crippen molar-refractivity contribution in [2.75, 3.05) is 13.2 Å². The van der Waals surface area contributed by atoms with Crippen LogP contribution in [0.15, 0.2) is 0 Å². The Morgan fingerprint density at radius 1 is 0.605 bits per heavy atom. The quantitative estimate of drug-likeness (QED) is 0.172. The van der Waals surface area contributed by atoms with Crippen molar-refractivity contribution < 1.29 is 38.9 Å². The summed E-state index contributed by atoms with van der Waals surface area (Å²) < 4.78 is 11.0. The molecule has 1 fully saturated rings. The molecule has 0 unspecified atom stereocenters. The van der Waals surface area contributed by atoms with Crippen molar-refractivity contribution >= 4 is 23.8 Å². The predicted molar refractivity (Wildman–Crippen MR) is 143 cm³/mol. The van der Waals surface area contributed by atoms with Crippen LogP contribution in [0.25, 0.3) is 0 Å². The van der Waals surface area contributed by atoms with E-state index < -0.39 is 61.3 Å². The summed E-state index contributed by atoms with van der Waals surface area (Å²) in [7, 11) is 0. The SMILES string of the molecule is CCCCCCCCC[C@H]1CC(=O)N[C@@H](CO)C(=O)O[C@H](CCCCCCC)CC(=O)N[C@@H](CO)C(=O)O1. The summed E-state index contributed by atoms with van der Waals surface area (Å²) in [6, 6.07) is -2.56. The number of unbranched alkanes of at least 4 members (excludes halogenated alkanes) is 10. The molecular formula is C28H50N2O8. The molecule has 0 saturated carbocycles. The highest BCUT2D eigenvalue weighted by Crippen LogP contribution is 2.17. The Balaban J connectivity index is 2.89. The molecular weight excluding hydrogens is 492 g/mol. The van der Waals surface area contributed by atoms with Gasteiger partial charge in [-0.25, -0.2) is 9.59 Å². The first-order chi connectivity index (χ1) is 18.3. The van der Waals surface area contributed by atoms with Crippen molar-refractivity contribution in [2.24, 2.45) is 0 Å². The number of carbonyl (C=O) groups excluding carboxylic acids is 4. The standard InChI is InChI=1S/C28H50N2O8/c1-3-5-7-9-10-12-14-16-22-18-26(34)30-23(19-31)27(35)37-21(15-13-11-8-6-4-2)17-25(33)29-24(20-32)28(36)38-22/h21-24,31-32H,3-20H2,1-2H3,(H,29,33)(H,30,34)/t21-,22+,23+,24+/m1/s1. The number of esters is 2. The summed E-state index contributed by atoms with van der Waals surface area (Å²) in [5.41, 5.74) is 0. The Morgan fingerprint density at radius 2 is 0.947 bits per heavy atom. The normalized spacial score (nSPS) is 23.7. The van der Waals surface area contributed by atoms with Gasteiger partial charge in [-0.2, -0.15) is 0 Å². The van der Waals surface area contributed by atoms with Gasteiger partial charge in [-0.05, 0) is 25.7 Å². The second-order valence-electron chi connectivity index (χ2n) is 10.2. The molecule has 4 N–H and O–H groups in total. The number of nitrogens with one attached hydrogen (secondary N) is 2. The van der Waals surface area contributed by atoms with Gasteiger partial charge in [0.1, 0.15) is 12.2 Å². The third-order valence-electron chi connectivity index (χ3n) is 6.76. The van der Waals surface area contributed by atoms with Gasteiger partial charge in [-0.15, -0.1) is 0 Å². The van der Waals surface area contributed by atoms with Crippen molar-refractivity contribution in [1.82, 2.24) is 10.6 Å². The van der Waals surface area contributed by atoms with Gasteiger partial charge in [0, 0.05) is 0 Å². The zero-order valence-electron chi connectivity index (χ0n) is 23.4. The van der Waals surface area contributed by atoms with Gasteiger partial charge in [0.05, 0.1) is 26.1 Å². The fourth-order valence-electron chi connectivity index (χ4n) is 4.48. The zero-order chi connectivity index (χ0) is 28.2. The molecule has 0 radical (unpaired) electrons. The summed E-state index contributed by atoms with van der Waals surface area (Å²) in [5.74, 6) is -2.74. The molecule has 1 rings (SSSR count). The number of rotatable bonds is 16. The van der Waals surface area contributed by atoms with Gasteiger partial charge in [-0.3, -0.25) is 9.59 Å². The lowest BCUT2D eigenvalue weighted by Crippen LogP contribution is -2.49. The monoisotopic (exact) mass is 542 g/mol. The van der Waals surface area contributed by atoms with E-state index >= 15 is 0 Å². The minimum atomic E-state index is -1.28. The molecule has 0 aliphatic carbocycles. The van der Waals surface area contributed by atoms with Crippen LogP contribution in [-0.4, -0.2) is 71.5 Å². The van der Waals surface area contributed by atoms with Gasteiger partial charge >= 0.3 is 11.9 Å². The van der Waals surface area contributed by atoms with E-state index in [0.29, 0.717) is 12.8 Å². The summed E-state index contributed by atoms with van der Waals surface area (Å²) in [6.45, 7) is 2.95. The third kappa shape index (κ3) is 14.7. The van der Waals surface area contributed by atoms with E-state index in [9.17, 15) is 29.4 Å². The Kier molecular flexibility index (Phi) is 18.4. The minimum absolute atomic E-state index is 0.210. The lowest BCUT2D eigenvalue weighted by Gasteiger charge is -2.25. The number of cyclic esters (lactones) is 2. The van der Waals surface area contributed by atoms with E-state index in [2.05, 4.69) is 24.5 Å². The summed E-state index contributed by atoms with van der Waals surface area (Å²) in [4.78, 5) is 50.9. The maximum Gasteiger partial charge on any atom is 0.331 e. The Labute approximate surface area is 227 Å². The molecule has 1 heterocycles. The van der Waals surface area contributed by atoms with Crippen molar-refractivity contribution in [2.45, 2.75) is 141 Å². The van der Waals surface area contributed by atoms with E-state index in [-0.39, 0.29) is 12.8 Å². The Bertz CT molecular complexity index is 702. The fraction of sp³-hybridized carbons (Fsp3) is 0.857. The average Bonchev–Trinajstić information content (AvgIpc) is 2.88. The maximum absolute atomic E-state index is 12.8. The average molecular weight is 543 g/mol. The van der Waals surface area contributed by atoms with Gasteiger partial charge in [0.25, 0.3) is 0 Å². The molecule has 2 amide bonds. The van der Waals surface area contributed by atoms with Crippen LogP contribution in [0, 0.1) is 0 Å². The first-order valence-electron chi connectivity index (χ1n) is 14.6. The van der Waals surface area contributed by atoms with Crippen LogP contribution < -0.4 is 10.6 Å². The lowest BCUT2D eigenvalue weighted by atomic mass is 10.0. The number of aliphatic hydroxyl groups is 2. The predicted octanol–water partition coefficient (Wildman–Crippen LogP) is 3.06. The number of carbonyl (C=O) groups is 4. The van der Waals surface area contributed by atoms with Gasteiger partial charge in [0.15, 0.2) is 12.1 Å². The van der Waals surface area contributed by atoms with Crippen molar-refractivity contribution in [1.29, 1.82) is 0 Å². The molecule has 1 aliphatic heterocycles. The molecule has 1 saturated heterocycles. The van der Waals surface area contributed by atoms with Crippen molar-refractivity contribution in [3.05, 3.63) is 0 Å². The molecule has 0 aromatic heterocycles. The lowest BCUT2D eigenvalue weighted by molar-refractivity contribution is -0.160. The highest BCUT2D eigenvalue weighted by Gasteiger charge is 2.31. The second kappa shape index (κ2) is 20.7. The number of ether oxygens (including phenoxy) is 2. The summed E-state index contributed by atoms with van der Waals surface area (Å²) in [5, 5.41) is 24.4. The molecule has 10 nitrogen and oxygen atoms in total. The first-order valence-corrected chi connectivity index (χ1v) is 14.6. The highest BCUT2D eigenvalue weighted by molar-refractivity contribution is 5.87. The molecule has 220 valence electrons. The highest BCUT2D eigenvalue weighted by atomic mass is 16.6. The van der Waals surface area contributed by atoms with Crippen LogP contribution in [0.5, 0.6) is 0 Å². The molecule has 1 aliphatic rings. The Morgan fingerprint density at radius 3 is 1.29 bits per heavy atom. The van der Waals surface area contributed by atoms with E-state index in [0.717, 1.165) is 64.2 Å². The van der Waals surface area contributed by atoms with Gasteiger partial charge in [0.2, 0.25) is 11.8 Å². The number of hydrogen-bond donors (Lipinski definition) is 4. The maximum atomic E-state index is 12.8. The molecule has 4 atom stereocenters. The van der Waals surface area contributed by atoms with Crippen LogP contribution in [0.4, 0.5) is 0 Å². The van der Waals surface area contributed by atoms with Crippen LogP contribution in [0.1, 0.15) is 117 Å². The topological polar surface area (TPSA) is 151 Å². The molecule has 38 heavy (non-hydrogen) atoms. The number of amides is 2. The van der Waals surface area contributed by atoms with Gasteiger partial charge < -0.3 is 30.3 Å². The first kappa shape index (κ1) is 33.8. The number of hydrogen-bond acceptors (Lipinski definition) is 8. The van der Waals surface area contributed by atoms with E-state index in [4.69, 9.17) is 9.47 Å². The summed E-state index contributed by atoms with van der Waals surface area (Å²) in [6.07, 6.45) is 11.0. The molecule has 0 aromatic carbocycles. The molecule has 0 aromatic rings. The zero-order valence-corrected chi connectivity index (χ0v) is 23.4. The largest absolute Gasteiger partial charge is 0.460 e. The molecule has 0 spiro atoms. The van der Waals surface area contributed by atoms with Crippen molar-refractivity contribution in [3.63, 3.8) is 0 Å². The fourth-order valence-corrected chi connectivity index (χ4v) is 4.48. The Hall–Kier alpha value is -2.20.